The van der Waals surface area contributed by atoms with Crippen LogP contribution in [0.1, 0.15) is 43.1 Å². The molecule has 3 atom stereocenters. The van der Waals surface area contributed by atoms with Gasteiger partial charge in [-0.2, -0.15) is 0 Å². The second-order valence-corrected chi connectivity index (χ2v) is 9.71. The maximum atomic E-state index is 9.68. The zero-order chi connectivity index (χ0) is 25.2. The molecule has 2 N–H and O–H groups in total. The Labute approximate surface area is 212 Å². The molecule has 2 heterocycles. The van der Waals surface area contributed by atoms with Crippen LogP contribution >= 0.6 is 0 Å². The lowest BCUT2D eigenvalue weighted by molar-refractivity contribution is 0.225. The summed E-state index contributed by atoms with van der Waals surface area (Å²) < 4.78 is 0. The number of hydrogen-bond donors (Lipinski definition) is 2. The minimum absolute atomic E-state index is 0.170. The molecule has 2 aromatic carbocycles. The van der Waals surface area contributed by atoms with Gasteiger partial charge in [0.15, 0.2) is 0 Å². The standard InChI is InChI=1S/C30H33N5O/c1-19(28-16-31-28)26-9-6-10-27-29(32-18-33-30(26)27)17-35(4)21(3)23-7-5-8-24(15-23)34-20(2)22-11-13-25(36)14-12-22/h5-13,15,18,21,25,28,31,36H,1,14,16-17H2,2-4H3. The van der Waals surface area contributed by atoms with E-state index in [1.165, 1.54) is 5.56 Å². The van der Waals surface area contributed by atoms with Crippen LogP contribution in [-0.2, 0) is 6.54 Å². The first-order valence-electron chi connectivity index (χ1n) is 12.5. The molecule has 6 nitrogen and oxygen atoms in total. The molecule has 1 fully saturated rings. The van der Waals surface area contributed by atoms with Crippen molar-refractivity contribution in [3.8, 4) is 0 Å². The maximum absolute atomic E-state index is 9.68. The Morgan fingerprint density at radius 3 is 2.81 bits per heavy atom. The molecule has 1 saturated heterocycles. The molecule has 6 heteroatoms. The van der Waals surface area contributed by atoms with Crippen LogP contribution in [0.15, 0.2) is 84.2 Å². The van der Waals surface area contributed by atoms with E-state index in [1.54, 1.807) is 6.33 Å². The van der Waals surface area contributed by atoms with E-state index < -0.39 is 6.10 Å². The molecule has 5 rings (SSSR count). The first-order valence-corrected chi connectivity index (χ1v) is 12.5. The first kappa shape index (κ1) is 24.3. The minimum atomic E-state index is -0.395. The Morgan fingerprint density at radius 1 is 1.25 bits per heavy atom. The van der Waals surface area contributed by atoms with E-state index in [0.29, 0.717) is 19.0 Å². The highest BCUT2D eigenvalue weighted by Gasteiger charge is 2.26. The van der Waals surface area contributed by atoms with Crippen LogP contribution in [0.5, 0.6) is 0 Å². The smallest absolute Gasteiger partial charge is 0.116 e. The molecule has 0 bridgehead atoms. The highest BCUT2D eigenvalue weighted by atomic mass is 16.3. The monoisotopic (exact) mass is 479 g/mol. The summed E-state index contributed by atoms with van der Waals surface area (Å²) in [5.41, 5.74) is 8.30. The van der Waals surface area contributed by atoms with Crippen LogP contribution in [0.25, 0.3) is 16.5 Å². The van der Waals surface area contributed by atoms with Crippen molar-refractivity contribution in [1.29, 1.82) is 0 Å². The predicted molar refractivity (Wildman–Crippen MR) is 147 cm³/mol. The van der Waals surface area contributed by atoms with Crippen molar-refractivity contribution in [3.63, 3.8) is 0 Å². The van der Waals surface area contributed by atoms with Gasteiger partial charge in [-0.25, -0.2) is 9.97 Å². The van der Waals surface area contributed by atoms with Crippen molar-refractivity contribution in [3.05, 3.63) is 96.0 Å². The van der Waals surface area contributed by atoms with E-state index in [9.17, 15) is 5.11 Å². The summed E-state index contributed by atoms with van der Waals surface area (Å²) >= 11 is 0. The molecular weight excluding hydrogens is 446 g/mol. The SMILES string of the molecule is C=C(c1cccc2c(CN(C)C(C)c3cccc(N=C(C)C4=CCC(O)C=C4)c3)ncnc12)C1CN1. The van der Waals surface area contributed by atoms with Crippen LogP contribution < -0.4 is 5.32 Å². The number of aromatic nitrogens is 2. The molecule has 0 radical (unpaired) electrons. The van der Waals surface area contributed by atoms with Gasteiger partial charge >= 0.3 is 0 Å². The van der Waals surface area contributed by atoms with E-state index in [0.717, 1.165) is 51.3 Å². The number of nitrogens with zero attached hydrogens (tertiary/aromatic N) is 4. The van der Waals surface area contributed by atoms with E-state index in [-0.39, 0.29) is 6.04 Å². The van der Waals surface area contributed by atoms with Crippen molar-refractivity contribution in [1.82, 2.24) is 20.2 Å². The molecule has 1 aliphatic carbocycles. The number of aliphatic hydroxyl groups excluding tert-OH is 1. The zero-order valence-corrected chi connectivity index (χ0v) is 21.1. The molecule has 3 aromatic rings. The van der Waals surface area contributed by atoms with Gasteiger partial charge in [0, 0.05) is 41.8 Å². The van der Waals surface area contributed by atoms with Gasteiger partial charge in [0.1, 0.15) is 6.33 Å². The highest BCUT2D eigenvalue weighted by molar-refractivity contribution is 6.02. The van der Waals surface area contributed by atoms with Crippen LogP contribution in [0.4, 0.5) is 5.69 Å². The normalized spacial score (nSPS) is 20.5. The number of allylic oxidation sites excluding steroid dienone is 2. The Morgan fingerprint density at radius 2 is 2.06 bits per heavy atom. The topological polar surface area (TPSA) is 83.5 Å². The molecule has 2 aliphatic rings. The summed E-state index contributed by atoms with van der Waals surface area (Å²) in [6.45, 7) is 10.2. The van der Waals surface area contributed by atoms with Gasteiger partial charge in [-0.15, -0.1) is 0 Å². The van der Waals surface area contributed by atoms with E-state index in [4.69, 9.17) is 4.99 Å². The molecule has 0 spiro atoms. The van der Waals surface area contributed by atoms with Gasteiger partial charge in [0.25, 0.3) is 0 Å². The fourth-order valence-corrected chi connectivity index (χ4v) is 4.64. The summed E-state index contributed by atoms with van der Waals surface area (Å²) in [6.07, 6.45) is 7.71. The summed E-state index contributed by atoms with van der Waals surface area (Å²) in [4.78, 5) is 16.4. The fourth-order valence-electron chi connectivity index (χ4n) is 4.64. The van der Waals surface area contributed by atoms with Gasteiger partial charge in [0.2, 0.25) is 0 Å². The largest absolute Gasteiger partial charge is 0.389 e. The number of nitrogens with one attached hydrogen (secondary N) is 1. The number of hydrogen-bond acceptors (Lipinski definition) is 6. The quantitative estimate of drug-likeness (QED) is 0.345. The van der Waals surface area contributed by atoms with E-state index in [1.807, 2.05) is 31.2 Å². The Hall–Kier alpha value is -3.45. The lowest BCUT2D eigenvalue weighted by atomic mass is 10.00. The average molecular weight is 480 g/mol. The van der Waals surface area contributed by atoms with Crippen molar-refractivity contribution in [2.24, 2.45) is 4.99 Å². The minimum Gasteiger partial charge on any atom is -0.389 e. The van der Waals surface area contributed by atoms with Crippen LogP contribution in [0.2, 0.25) is 0 Å². The molecular formula is C30H33N5O. The van der Waals surface area contributed by atoms with Crippen molar-refractivity contribution < 1.29 is 5.11 Å². The number of para-hydroxylation sites is 1. The maximum Gasteiger partial charge on any atom is 0.116 e. The molecule has 36 heavy (non-hydrogen) atoms. The van der Waals surface area contributed by atoms with Gasteiger partial charge in [-0.1, -0.05) is 55.1 Å². The number of benzene rings is 2. The van der Waals surface area contributed by atoms with Crippen molar-refractivity contribution >= 4 is 27.9 Å². The number of fused-ring (bicyclic) bond motifs is 1. The second-order valence-electron chi connectivity index (χ2n) is 9.71. The van der Waals surface area contributed by atoms with Gasteiger partial charge in [-0.3, -0.25) is 9.89 Å². The molecule has 184 valence electrons. The second kappa shape index (κ2) is 10.3. The van der Waals surface area contributed by atoms with Gasteiger partial charge < -0.3 is 10.4 Å². The summed E-state index contributed by atoms with van der Waals surface area (Å²) in [5, 5.41) is 14.1. The lowest BCUT2D eigenvalue weighted by Gasteiger charge is -2.25. The zero-order valence-electron chi connectivity index (χ0n) is 21.1. The number of rotatable bonds is 8. The third-order valence-corrected chi connectivity index (χ3v) is 7.13. The first-order chi connectivity index (χ1) is 17.4. The highest BCUT2D eigenvalue weighted by Crippen LogP contribution is 2.30. The molecule has 3 unspecified atom stereocenters. The summed E-state index contributed by atoms with van der Waals surface area (Å²) in [6, 6.07) is 15.2. The Kier molecular flexibility index (Phi) is 6.92. The third-order valence-electron chi connectivity index (χ3n) is 7.13. The van der Waals surface area contributed by atoms with Crippen molar-refractivity contribution in [2.45, 2.75) is 45.0 Å². The van der Waals surface area contributed by atoms with Crippen molar-refractivity contribution in [2.75, 3.05) is 13.6 Å². The predicted octanol–water partition coefficient (Wildman–Crippen LogP) is 5.15. The van der Waals surface area contributed by atoms with Crippen LogP contribution in [0.3, 0.4) is 0 Å². The molecule has 1 aliphatic heterocycles. The average Bonchev–Trinajstić information content (AvgIpc) is 3.74. The molecule has 1 aromatic heterocycles. The van der Waals surface area contributed by atoms with Crippen LogP contribution in [-0.4, -0.2) is 51.4 Å². The fraction of sp³-hybridized carbons (Fsp3) is 0.300. The summed E-state index contributed by atoms with van der Waals surface area (Å²) in [7, 11) is 2.12. The Balaban J connectivity index is 1.35. The summed E-state index contributed by atoms with van der Waals surface area (Å²) in [5.74, 6) is 0. The van der Waals surface area contributed by atoms with E-state index >= 15 is 0 Å². The van der Waals surface area contributed by atoms with Gasteiger partial charge in [-0.05, 0) is 56.2 Å². The van der Waals surface area contributed by atoms with E-state index in [2.05, 4.69) is 77.1 Å². The van der Waals surface area contributed by atoms with Gasteiger partial charge in [0.05, 0.1) is 23.0 Å². The molecule has 0 saturated carbocycles. The lowest BCUT2D eigenvalue weighted by Crippen LogP contribution is -2.22. The number of aliphatic imine (C=N–C) groups is 1. The third kappa shape index (κ3) is 5.21. The molecule has 0 amide bonds. The Bertz CT molecular complexity index is 1390. The number of aliphatic hydroxyl groups is 1. The van der Waals surface area contributed by atoms with Crippen LogP contribution in [0, 0.1) is 0 Å².